The molecule has 4 aromatic rings. The molecule has 0 atom stereocenters. The maximum absolute atomic E-state index is 10.0. The van der Waals surface area contributed by atoms with Crippen molar-refractivity contribution in [2.75, 3.05) is 0 Å². The summed E-state index contributed by atoms with van der Waals surface area (Å²) in [7, 11) is 0. The summed E-state index contributed by atoms with van der Waals surface area (Å²) in [5, 5.41) is 12.0. The Bertz CT molecular complexity index is 913. The summed E-state index contributed by atoms with van der Waals surface area (Å²) < 4.78 is 0. The average molecular weight is 261 g/mol. The number of aromatic amines is 1. The third-order valence-electron chi connectivity index (χ3n) is 3.45. The maximum atomic E-state index is 10.0. The van der Waals surface area contributed by atoms with Crippen molar-refractivity contribution in [1.82, 2.24) is 15.0 Å². The van der Waals surface area contributed by atoms with Crippen LogP contribution in [-0.4, -0.2) is 20.1 Å². The van der Waals surface area contributed by atoms with Gasteiger partial charge in [0, 0.05) is 34.2 Å². The molecule has 4 rings (SSSR count). The van der Waals surface area contributed by atoms with Gasteiger partial charge in [0.1, 0.15) is 0 Å². The molecule has 0 fully saturated rings. The summed E-state index contributed by atoms with van der Waals surface area (Å²) in [6, 6.07) is 11.8. The molecule has 3 heterocycles. The van der Waals surface area contributed by atoms with Crippen LogP contribution in [0.15, 0.2) is 55.0 Å². The molecule has 4 heteroatoms. The minimum absolute atomic E-state index is 0.156. The summed E-state index contributed by atoms with van der Waals surface area (Å²) >= 11 is 0. The molecule has 0 bridgehead atoms. The lowest BCUT2D eigenvalue weighted by molar-refractivity contribution is 0.478. The molecule has 20 heavy (non-hydrogen) atoms. The van der Waals surface area contributed by atoms with Crippen LogP contribution in [0.25, 0.3) is 33.1 Å². The van der Waals surface area contributed by atoms with E-state index in [1.807, 2.05) is 36.4 Å². The zero-order valence-electron chi connectivity index (χ0n) is 10.5. The van der Waals surface area contributed by atoms with Crippen LogP contribution in [0, 0.1) is 0 Å². The molecule has 0 amide bonds. The molecule has 3 aromatic heterocycles. The van der Waals surface area contributed by atoms with Gasteiger partial charge in [-0.05, 0) is 18.2 Å². The smallest absolute Gasteiger partial charge is 0.158 e. The minimum atomic E-state index is 0.156. The number of hydrogen-bond acceptors (Lipinski definition) is 3. The molecule has 2 N–H and O–H groups in total. The number of aromatic hydroxyl groups is 1. The fourth-order valence-electron chi connectivity index (χ4n) is 2.56. The summed E-state index contributed by atoms with van der Waals surface area (Å²) in [5.74, 6) is 0.156. The first kappa shape index (κ1) is 11.0. The summed E-state index contributed by atoms with van der Waals surface area (Å²) in [5.41, 5.74) is 3.45. The molecular formula is C16H11N3O. The summed E-state index contributed by atoms with van der Waals surface area (Å²) in [6.45, 7) is 0. The average Bonchev–Trinajstić information content (AvgIpc) is 2.89. The highest BCUT2D eigenvalue weighted by molar-refractivity contribution is 6.14. The van der Waals surface area contributed by atoms with Gasteiger partial charge in [-0.15, -0.1) is 0 Å². The van der Waals surface area contributed by atoms with Gasteiger partial charge in [-0.1, -0.05) is 18.2 Å². The van der Waals surface area contributed by atoms with Gasteiger partial charge in [0.25, 0.3) is 0 Å². The molecule has 0 saturated carbocycles. The van der Waals surface area contributed by atoms with Crippen LogP contribution < -0.4 is 0 Å². The Kier molecular flexibility index (Phi) is 2.23. The zero-order chi connectivity index (χ0) is 13.5. The number of aromatic nitrogens is 3. The lowest BCUT2D eigenvalue weighted by atomic mass is 10.1. The van der Waals surface area contributed by atoms with Gasteiger partial charge in [0.05, 0.1) is 17.4 Å². The first-order chi connectivity index (χ1) is 9.84. The predicted molar refractivity (Wildman–Crippen MR) is 78.5 cm³/mol. The van der Waals surface area contributed by atoms with Crippen LogP contribution in [0.1, 0.15) is 0 Å². The number of nitrogens with zero attached hydrogens (tertiary/aromatic N) is 2. The number of hydrogen-bond donors (Lipinski definition) is 2. The number of pyridine rings is 2. The first-order valence-electron chi connectivity index (χ1n) is 6.33. The molecule has 96 valence electrons. The minimum Gasteiger partial charge on any atom is -0.504 e. The molecule has 0 spiro atoms. The molecule has 0 unspecified atom stereocenters. The van der Waals surface area contributed by atoms with Crippen molar-refractivity contribution >= 4 is 21.8 Å². The Labute approximate surface area is 114 Å². The van der Waals surface area contributed by atoms with Crippen LogP contribution in [-0.2, 0) is 0 Å². The van der Waals surface area contributed by atoms with Crippen LogP contribution in [0.3, 0.4) is 0 Å². The number of fused-ring (bicyclic) bond motifs is 3. The van der Waals surface area contributed by atoms with Gasteiger partial charge in [0.15, 0.2) is 5.75 Å². The Morgan fingerprint density at radius 2 is 1.90 bits per heavy atom. The first-order valence-corrected chi connectivity index (χ1v) is 6.33. The SMILES string of the molecule is Oc1cnc(-c2cccnc2)c2c1[nH]c1ccccc12. The van der Waals surface area contributed by atoms with Crippen molar-refractivity contribution in [3.63, 3.8) is 0 Å². The Balaban J connectivity index is 2.19. The molecule has 0 aliphatic carbocycles. The van der Waals surface area contributed by atoms with Gasteiger partial charge in [-0.3, -0.25) is 9.97 Å². The lowest BCUT2D eigenvalue weighted by Crippen LogP contribution is -1.86. The number of para-hydroxylation sites is 1. The van der Waals surface area contributed by atoms with E-state index in [4.69, 9.17) is 0 Å². The number of nitrogens with one attached hydrogen (secondary N) is 1. The molecule has 4 nitrogen and oxygen atoms in total. The second kappa shape index (κ2) is 4.06. The van der Waals surface area contributed by atoms with Gasteiger partial charge in [0.2, 0.25) is 0 Å². The number of H-pyrrole nitrogens is 1. The van der Waals surface area contributed by atoms with Crippen molar-refractivity contribution in [2.24, 2.45) is 0 Å². The molecular weight excluding hydrogens is 250 g/mol. The second-order valence-electron chi connectivity index (χ2n) is 4.65. The van der Waals surface area contributed by atoms with Crippen LogP contribution in [0.4, 0.5) is 0 Å². The predicted octanol–water partition coefficient (Wildman–Crippen LogP) is 3.48. The zero-order valence-corrected chi connectivity index (χ0v) is 10.5. The molecule has 0 aliphatic heterocycles. The largest absolute Gasteiger partial charge is 0.504 e. The van der Waals surface area contributed by atoms with Gasteiger partial charge in [-0.2, -0.15) is 0 Å². The normalized spacial score (nSPS) is 11.2. The van der Waals surface area contributed by atoms with E-state index in [0.29, 0.717) is 5.52 Å². The van der Waals surface area contributed by atoms with Gasteiger partial charge >= 0.3 is 0 Å². The van der Waals surface area contributed by atoms with Gasteiger partial charge in [-0.25, -0.2) is 0 Å². The molecule has 1 aromatic carbocycles. The van der Waals surface area contributed by atoms with Crippen molar-refractivity contribution in [1.29, 1.82) is 0 Å². The number of benzene rings is 1. The quantitative estimate of drug-likeness (QED) is 0.551. The topological polar surface area (TPSA) is 61.8 Å². The van der Waals surface area contributed by atoms with Crippen molar-refractivity contribution < 1.29 is 5.11 Å². The molecule has 0 radical (unpaired) electrons. The molecule has 0 aliphatic rings. The standard InChI is InChI=1S/C16H11N3O/c20-13-9-18-15(10-4-3-7-17-8-10)14-11-5-1-2-6-12(11)19-16(13)14/h1-9,19-20H. The second-order valence-corrected chi connectivity index (χ2v) is 4.65. The van der Waals surface area contributed by atoms with E-state index >= 15 is 0 Å². The Morgan fingerprint density at radius 1 is 1.00 bits per heavy atom. The molecule has 0 saturated heterocycles. The Hall–Kier alpha value is -2.88. The van der Waals surface area contributed by atoms with Gasteiger partial charge < -0.3 is 10.1 Å². The van der Waals surface area contributed by atoms with Crippen molar-refractivity contribution in [2.45, 2.75) is 0 Å². The Morgan fingerprint density at radius 3 is 2.75 bits per heavy atom. The third-order valence-corrected chi connectivity index (χ3v) is 3.45. The van der Waals surface area contributed by atoms with E-state index < -0.39 is 0 Å². The maximum Gasteiger partial charge on any atom is 0.158 e. The summed E-state index contributed by atoms with van der Waals surface area (Å²) in [4.78, 5) is 11.8. The van der Waals surface area contributed by atoms with Crippen molar-refractivity contribution in [3.05, 3.63) is 55.0 Å². The van der Waals surface area contributed by atoms with Crippen LogP contribution >= 0.6 is 0 Å². The van der Waals surface area contributed by atoms with Crippen molar-refractivity contribution in [3.8, 4) is 17.0 Å². The van der Waals surface area contributed by atoms with E-state index in [2.05, 4.69) is 15.0 Å². The van der Waals surface area contributed by atoms with E-state index in [1.165, 1.54) is 6.20 Å². The van der Waals surface area contributed by atoms with Crippen LogP contribution in [0.5, 0.6) is 5.75 Å². The number of rotatable bonds is 1. The lowest BCUT2D eigenvalue weighted by Gasteiger charge is -2.04. The van der Waals surface area contributed by atoms with E-state index in [-0.39, 0.29) is 5.75 Å². The van der Waals surface area contributed by atoms with E-state index in [9.17, 15) is 5.11 Å². The van der Waals surface area contributed by atoms with E-state index in [1.54, 1.807) is 12.4 Å². The third kappa shape index (κ3) is 1.48. The highest BCUT2D eigenvalue weighted by Crippen LogP contribution is 2.36. The summed E-state index contributed by atoms with van der Waals surface area (Å²) in [6.07, 6.45) is 4.98. The highest BCUT2D eigenvalue weighted by atomic mass is 16.3. The van der Waals surface area contributed by atoms with Crippen LogP contribution in [0.2, 0.25) is 0 Å². The van der Waals surface area contributed by atoms with E-state index in [0.717, 1.165) is 27.5 Å². The fraction of sp³-hybridized carbons (Fsp3) is 0. The highest BCUT2D eigenvalue weighted by Gasteiger charge is 2.14. The fourth-order valence-corrected chi connectivity index (χ4v) is 2.56. The monoisotopic (exact) mass is 261 g/mol.